The van der Waals surface area contributed by atoms with Crippen LogP contribution in [0, 0.1) is 5.82 Å². The third-order valence-electron chi connectivity index (χ3n) is 2.41. The fraction of sp³-hybridized carbons (Fsp3) is 0.250. The summed E-state index contributed by atoms with van der Waals surface area (Å²) in [5.74, 6) is -0.221. The van der Waals surface area contributed by atoms with Gasteiger partial charge in [0.05, 0.1) is 6.20 Å². The molecular formula is C12H14FN3. The molecule has 0 fully saturated rings. The summed E-state index contributed by atoms with van der Waals surface area (Å²) >= 11 is 0. The summed E-state index contributed by atoms with van der Waals surface area (Å²) in [5, 5.41) is 4.17. The molecule has 0 radical (unpaired) electrons. The normalized spacial score (nSPS) is 10.6. The number of benzene rings is 1. The predicted molar refractivity (Wildman–Crippen MR) is 61.3 cm³/mol. The maximum absolute atomic E-state index is 13.5. The first-order chi connectivity index (χ1) is 7.81. The van der Waals surface area contributed by atoms with Crippen LogP contribution in [0.5, 0.6) is 0 Å². The van der Waals surface area contributed by atoms with Gasteiger partial charge in [-0.2, -0.15) is 5.10 Å². The van der Waals surface area contributed by atoms with E-state index in [-0.39, 0.29) is 5.82 Å². The molecule has 1 aromatic heterocycles. The van der Waals surface area contributed by atoms with Crippen molar-refractivity contribution in [3.63, 3.8) is 0 Å². The van der Waals surface area contributed by atoms with Gasteiger partial charge >= 0.3 is 0 Å². The first-order valence-corrected chi connectivity index (χ1v) is 5.28. The molecule has 2 rings (SSSR count). The lowest BCUT2D eigenvalue weighted by molar-refractivity contribution is 0.585. The molecule has 2 N–H and O–H groups in total. The van der Waals surface area contributed by atoms with Crippen LogP contribution >= 0.6 is 0 Å². The third-order valence-corrected chi connectivity index (χ3v) is 2.41. The molecule has 1 aromatic carbocycles. The molecule has 0 atom stereocenters. The lowest BCUT2D eigenvalue weighted by atomic mass is 10.1. The Kier molecular flexibility index (Phi) is 3.31. The Morgan fingerprint density at radius 2 is 2.12 bits per heavy atom. The molecule has 0 aliphatic carbocycles. The maximum Gasteiger partial charge on any atom is 0.131 e. The van der Waals surface area contributed by atoms with Gasteiger partial charge in [0.15, 0.2) is 0 Å². The highest BCUT2D eigenvalue weighted by Crippen LogP contribution is 2.21. The van der Waals surface area contributed by atoms with Crippen molar-refractivity contribution < 1.29 is 4.39 Å². The van der Waals surface area contributed by atoms with Crippen LogP contribution in [0.15, 0.2) is 36.7 Å². The summed E-state index contributed by atoms with van der Waals surface area (Å²) in [6.07, 6.45) is 4.39. The second kappa shape index (κ2) is 4.90. The number of nitrogens with zero attached hydrogens (tertiary/aromatic N) is 2. The standard InChI is InChI=1S/C12H14FN3/c13-12-5-2-1-4-11(12)10-8-15-16(9-10)7-3-6-14/h1-2,4-5,8-9H,3,6-7,14H2. The number of aromatic nitrogens is 2. The average molecular weight is 219 g/mol. The number of rotatable bonds is 4. The molecule has 84 valence electrons. The van der Waals surface area contributed by atoms with E-state index in [1.54, 1.807) is 23.0 Å². The number of hydrogen-bond donors (Lipinski definition) is 1. The van der Waals surface area contributed by atoms with E-state index in [9.17, 15) is 4.39 Å². The minimum atomic E-state index is -0.221. The summed E-state index contributed by atoms with van der Waals surface area (Å²) in [4.78, 5) is 0. The van der Waals surface area contributed by atoms with Gasteiger partial charge in [0.2, 0.25) is 0 Å². The van der Waals surface area contributed by atoms with Gasteiger partial charge in [-0.25, -0.2) is 4.39 Å². The minimum absolute atomic E-state index is 0.221. The van der Waals surface area contributed by atoms with Crippen molar-refractivity contribution in [2.75, 3.05) is 6.54 Å². The number of hydrogen-bond acceptors (Lipinski definition) is 2. The fourth-order valence-corrected chi connectivity index (χ4v) is 1.57. The number of aryl methyl sites for hydroxylation is 1. The molecule has 0 spiro atoms. The lowest BCUT2D eigenvalue weighted by Gasteiger charge is -1.99. The zero-order chi connectivity index (χ0) is 11.4. The minimum Gasteiger partial charge on any atom is -0.330 e. The van der Waals surface area contributed by atoms with Gasteiger partial charge in [-0.3, -0.25) is 4.68 Å². The van der Waals surface area contributed by atoms with Crippen LogP contribution in [-0.2, 0) is 6.54 Å². The van der Waals surface area contributed by atoms with Crippen molar-refractivity contribution in [2.24, 2.45) is 5.73 Å². The molecule has 16 heavy (non-hydrogen) atoms. The Labute approximate surface area is 93.7 Å². The topological polar surface area (TPSA) is 43.8 Å². The second-order valence-electron chi connectivity index (χ2n) is 3.61. The van der Waals surface area contributed by atoms with Crippen LogP contribution in [0.3, 0.4) is 0 Å². The molecule has 0 bridgehead atoms. The molecule has 0 aliphatic heterocycles. The van der Waals surface area contributed by atoms with E-state index in [0.29, 0.717) is 12.1 Å². The van der Waals surface area contributed by atoms with Crippen molar-refractivity contribution in [3.05, 3.63) is 42.5 Å². The van der Waals surface area contributed by atoms with Gasteiger partial charge in [0.1, 0.15) is 5.82 Å². The van der Waals surface area contributed by atoms with Gasteiger partial charge in [-0.05, 0) is 19.0 Å². The van der Waals surface area contributed by atoms with Gasteiger partial charge < -0.3 is 5.73 Å². The molecule has 2 aromatic rings. The molecule has 0 saturated heterocycles. The van der Waals surface area contributed by atoms with Crippen LogP contribution in [-0.4, -0.2) is 16.3 Å². The third kappa shape index (κ3) is 2.28. The largest absolute Gasteiger partial charge is 0.330 e. The van der Waals surface area contributed by atoms with Gasteiger partial charge in [-0.1, -0.05) is 18.2 Å². The van der Waals surface area contributed by atoms with E-state index in [1.807, 2.05) is 12.3 Å². The van der Waals surface area contributed by atoms with E-state index in [0.717, 1.165) is 18.5 Å². The average Bonchev–Trinajstić information content (AvgIpc) is 2.75. The van der Waals surface area contributed by atoms with Gasteiger partial charge in [-0.15, -0.1) is 0 Å². The van der Waals surface area contributed by atoms with Gasteiger partial charge in [0, 0.05) is 23.9 Å². The molecule has 4 heteroatoms. The summed E-state index contributed by atoms with van der Waals surface area (Å²) in [6.45, 7) is 1.40. The van der Waals surface area contributed by atoms with E-state index in [1.165, 1.54) is 6.07 Å². The highest BCUT2D eigenvalue weighted by Gasteiger charge is 2.05. The van der Waals surface area contributed by atoms with Crippen molar-refractivity contribution in [3.8, 4) is 11.1 Å². The molecule has 1 heterocycles. The van der Waals surface area contributed by atoms with E-state index in [4.69, 9.17) is 5.73 Å². The molecule has 0 aliphatic rings. The predicted octanol–water partition coefficient (Wildman–Crippen LogP) is 2.04. The maximum atomic E-state index is 13.5. The monoisotopic (exact) mass is 219 g/mol. The Bertz CT molecular complexity index is 465. The Hall–Kier alpha value is -1.68. The molecule has 0 amide bonds. The highest BCUT2D eigenvalue weighted by atomic mass is 19.1. The van der Waals surface area contributed by atoms with Crippen molar-refractivity contribution in [1.29, 1.82) is 0 Å². The first-order valence-electron chi connectivity index (χ1n) is 5.28. The molecule has 3 nitrogen and oxygen atoms in total. The summed E-state index contributed by atoms with van der Waals surface area (Å²) < 4.78 is 15.3. The zero-order valence-electron chi connectivity index (χ0n) is 8.94. The number of nitrogens with two attached hydrogens (primary N) is 1. The van der Waals surface area contributed by atoms with Gasteiger partial charge in [0.25, 0.3) is 0 Å². The van der Waals surface area contributed by atoms with Crippen LogP contribution in [0.4, 0.5) is 4.39 Å². The van der Waals surface area contributed by atoms with Crippen molar-refractivity contribution in [2.45, 2.75) is 13.0 Å². The van der Waals surface area contributed by atoms with E-state index >= 15 is 0 Å². The molecule has 0 unspecified atom stereocenters. The van der Waals surface area contributed by atoms with Crippen LogP contribution < -0.4 is 5.73 Å². The van der Waals surface area contributed by atoms with Crippen molar-refractivity contribution >= 4 is 0 Å². The second-order valence-corrected chi connectivity index (χ2v) is 3.61. The Balaban J connectivity index is 2.22. The summed E-state index contributed by atoms with van der Waals surface area (Å²) in [5.41, 5.74) is 6.80. The van der Waals surface area contributed by atoms with Crippen molar-refractivity contribution in [1.82, 2.24) is 9.78 Å². The lowest BCUT2D eigenvalue weighted by Crippen LogP contribution is -2.05. The quantitative estimate of drug-likeness (QED) is 0.855. The summed E-state index contributed by atoms with van der Waals surface area (Å²) in [7, 11) is 0. The van der Waals surface area contributed by atoms with Crippen LogP contribution in [0.25, 0.3) is 11.1 Å². The SMILES string of the molecule is NCCCn1cc(-c2ccccc2F)cn1. The van der Waals surface area contributed by atoms with Crippen LogP contribution in [0.2, 0.25) is 0 Å². The first kappa shape index (κ1) is 10.8. The Morgan fingerprint density at radius 3 is 2.88 bits per heavy atom. The fourth-order valence-electron chi connectivity index (χ4n) is 1.57. The highest BCUT2D eigenvalue weighted by molar-refractivity contribution is 5.62. The van der Waals surface area contributed by atoms with E-state index in [2.05, 4.69) is 5.10 Å². The van der Waals surface area contributed by atoms with Crippen LogP contribution in [0.1, 0.15) is 6.42 Å². The summed E-state index contributed by atoms with van der Waals surface area (Å²) in [6, 6.07) is 6.69. The zero-order valence-corrected chi connectivity index (χ0v) is 8.94. The Morgan fingerprint density at radius 1 is 1.31 bits per heavy atom. The molecular weight excluding hydrogens is 205 g/mol. The smallest absolute Gasteiger partial charge is 0.131 e. The number of halogens is 1. The van der Waals surface area contributed by atoms with E-state index < -0.39 is 0 Å². The molecule has 0 saturated carbocycles.